The summed E-state index contributed by atoms with van der Waals surface area (Å²) in [6, 6.07) is 10.4. The van der Waals surface area contributed by atoms with E-state index in [-0.39, 0.29) is 5.82 Å². The van der Waals surface area contributed by atoms with Crippen LogP contribution in [0.2, 0.25) is 0 Å². The molecule has 130 valence electrons. The molecule has 1 aliphatic rings. The van der Waals surface area contributed by atoms with E-state index in [1.807, 2.05) is 25.1 Å². The standard InChI is InChI=1S/C19H21FN4O/c1-13-22-23-19-9-6-14(12-24(13)19)10-21-11-15-7-8-18(25-15)16-4-2-3-5-17(16)20/h2-5,7-8,14,21H,6,9-12H2,1H3/t14-/m0/s1. The van der Waals surface area contributed by atoms with Crippen molar-refractivity contribution < 1.29 is 8.81 Å². The SMILES string of the molecule is Cc1nnc2n1C[C@H](CNCc1ccc(-c3ccccc3F)o1)CC2. The Morgan fingerprint density at radius 3 is 3.00 bits per heavy atom. The van der Waals surface area contributed by atoms with Crippen LogP contribution in [-0.4, -0.2) is 21.3 Å². The van der Waals surface area contributed by atoms with Gasteiger partial charge in [0, 0.05) is 19.5 Å². The molecule has 1 aliphatic heterocycles. The van der Waals surface area contributed by atoms with Crippen molar-refractivity contribution in [3.05, 3.63) is 59.6 Å². The second-order valence-corrected chi connectivity index (χ2v) is 6.56. The van der Waals surface area contributed by atoms with Crippen LogP contribution in [0.5, 0.6) is 0 Å². The molecule has 0 amide bonds. The lowest BCUT2D eigenvalue weighted by atomic mass is 9.99. The van der Waals surface area contributed by atoms with Gasteiger partial charge in [0.05, 0.1) is 12.1 Å². The van der Waals surface area contributed by atoms with Gasteiger partial charge < -0.3 is 14.3 Å². The second kappa shape index (κ2) is 6.80. The molecular weight excluding hydrogens is 319 g/mol. The van der Waals surface area contributed by atoms with E-state index in [9.17, 15) is 4.39 Å². The summed E-state index contributed by atoms with van der Waals surface area (Å²) in [7, 11) is 0. The highest BCUT2D eigenvalue weighted by molar-refractivity contribution is 5.58. The van der Waals surface area contributed by atoms with Crippen LogP contribution in [0.3, 0.4) is 0 Å². The predicted molar refractivity (Wildman–Crippen MR) is 92.4 cm³/mol. The van der Waals surface area contributed by atoms with Gasteiger partial charge in [-0.2, -0.15) is 0 Å². The van der Waals surface area contributed by atoms with E-state index in [1.165, 1.54) is 6.07 Å². The Kier molecular flexibility index (Phi) is 4.36. The Labute approximate surface area is 145 Å². The lowest BCUT2D eigenvalue weighted by Gasteiger charge is -2.24. The fourth-order valence-electron chi connectivity index (χ4n) is 3.37. The molecule has 0 spiro atoms. The van der Waals surface area contributed by atoms with Gasteiger partial charge in [-0.1, -0.05) is 12.1 Å². The van der Waals surface area contributed by atoms with Crippen LogP contribution in [0.15, 0.2) is 40.8 Å². The Morgan fingerprint density at radius 2 is 2.12 bits per heavy atom. The van der Waals surface area contributed by atoms with Gasteiger partial charge in [-0.3, -0.25) is 0 Å². The molecule has 1 N–H and O–H groups in total. The van der Waals surface area contributed by atoms with Crippen LogP contribution in [0.1, 0.15) is 23.8 Å². The van der Waals surface area contributed by atoms with Crippen molar-refractivity contribution >= 4 is 0 Å². The van der Waals surface area contributed by atoms with Crippen LogP contribution in [0.4, 0.5) is 4.39 Å². The van der Waals surface area contributed by atoms with Gasteiger partial charge in [0.15, 0.2) is 0 Å². The molecule has 0 bridgehead atoms. The molecule has 0 saturated heterocycles. The van der Waals surface area contributed by atoms with Crippen LogP contribution >= 0.6 is 0 Å². The zero-order valence-corrected chi connectivity index (χ0v) is 14.2. The summed E-state index contributed by atoms with van der Waals surface area (Å²) in [5.74, 6) is 3.75. The minimum absolute atomic E-state index is 0.265. The number of nitrogens with one attached hydrogen (secondary N) is 1. The summed E-state index contributed by atoms with van der Waals surface area (Å²) in [6.07, 6.45) is 2.09. The van der Waals surface area contributed by atoms with Crippen molar-refractivity contribution in [1.82, 2.24) is 20.1 Å². The largest absolute Gasteiger partial charge is 0.460 e. The van der Waals surface area contributed by atoms with Crippen LogP contribution in [0, 0.1) is 18.7 Å². The first-order valence-corrected chi connectivity index (χ1v) is 8.63. The third-order valence-corrected chi connectivity index (χ3v) is 4.76. The first-order chi connectivity index (χ1) is 12.2. The highest BCUT2D eigenvalue weighted by atomic mass is 19.1. The second-order valence-electron chi connectivity index (χ2n) is 6.56. The third kappa shape index (κ3) is 3.35. The summed E-state index contributed by atoms with van der Waals surface area (Å²) in [5, 5.41) is 11.8. The van der Waals surface area contributed by atoms with Gasteiger partial charge in [0.1, 0.15) is 29.0 Å². The Morgan fingerprint density at radius 1 is 1.24 bits per heavy atom. The van der Waals surface area contributed by atoms with E-state index in [4.69, 9.17) is 4.42 Å². The zero-order chi connectivity index (χ0) is 17.2. The number of fused-ring (bicyclic) bond motifs is 1. The Bertz CT molecular complexity index is 870. The molecule has 2 aromatic heterocycles. The third-order valence-electron chi connectivity index (χ3n) is 4.76. The number of furan rings is 1. The molecule has 3 heterocycles. The first kappa shape index (κ1) is 16.0. The minimum Gasteiger partial charge on any atom is -0.460 e. The molecule has 5 nitrogen and oxygen atoms in total. The van der Waals surface area contributed by atoms with Crippen molar-refractivity contribution in [2.75, 3.05) is 6.54 Å². The summed E-state index contributed by atoms with van der Waals surface area (Å²) >= 11 is 0. The van der Waals surface area contributed by atoms with Crippen molar-refractivity contribution in [2.45, 2.75) is 32.9 Å². The van der Waals surface area contributed by atoms with E-state index < -0.39 is 0 Å². The first-order valence-electron chi connectivity index (χ1n) is 8.63. The summed E-state index contributed by atoms with van der Waals surface area (Å²) in [4.78, 5) is 0. The number of aromatic nitrogens is 3. The van der Waals surface area contributed by atoms with Gasteiger partial charge >= 0.3 is 0 Å². The van der Waals surface area contributed by atoms with E-state index >= 15 is 0 Å². The lowest BCUT2D eigenvalue weighted by molar-refractivity contribution is 0.339. The van der Waals surface area contributed by atoms with Crippen LogP contribution in [-0.2, 0) is 19.5 Å². The lowest BCUT2D eigenvalue weighted by Crippen LogP contribution is -2.30. The fourth-order valence-corrected chi connectivity index (χ4v) is 3.37. The number of nitrogens with zero attached hydrogens (tertiary/aromatic N) is 3. The van der Waals surface area contributed by atoms with Crippen molar-refractivity contribution in [1.29, 1.82) is 0 Å². The van der Waals surface area contributed by atoms with Crippen molar-refractivity contribution in [2.24, 2.45) is 5.92 Å². The molecular formula is C19H21FN4O. The maximum atomic E-state index is 13.8. The fraction of sp³-hybridized carbons (Fsp3) is 0.368. The van der Waals surface area contributed by atoms with Crippen LogP contribution < -0.4 is 5.32 Å². The van der Waals surface area contributed by atoms with Gasteiger partial charge in [-0.05, 0) is 43.5 Å². The van der Waals surface area contributed by atoms with Gasteiger partial charge in [0.25, 0.3) is 0 Å². The molecule has 1 atom stereocenters. The van der Waals surface area contributed by atoms with Gasteiger partial charge in [0.2, 0.25) is 0 Å². The van der Waals surface area contributed by atoms with Crippen molar-refractivity contribution in [3.63, 3.8) is 0 Å². The summed E-state index contributed by atoms with van der Waals surface area (Å²) in [6.45, 7) is 4.50. The molecule has 0 fully saturated rings. The maximum absolute atomic E-state index is 13.8. The average Bonchev–Trinajstić information content (AvgIpc) is 3.23. The highest BCUT2D eigenvalue weighted by Crippen LogP contribution is 2.25. The van der Waals surface area contributed by atoms with E-state index in [2.05, 4.69) is 20.1 Å². The zero-order valence-electron chi connectivity index (χ0n) is 14.2. The highest BCUT2D eigenvalue weighted by Gasteiger charge is 2.21. The summed E-state index contributed by atoms with van der Waals surface area (Å²) in [5.41, 5.74) is 0.497. The topological polar surface area (TPSA) is 55.9 Å². The molecule has 0 radical (unpaired) electrons. The monoisotopic (exact) mass is 340 g/mol. The molecule has 0 saturated carbocycles. The molecule has 0 aliphatic carbocycles. The van der Waals surface area contributed by atoms with Gasteiger partial charge in [-0.25, -0.2) is 4.39 Å². The number of aryl methyl sites for hydroxylation is 2. The van der Waals surface area contributed by atoms with E-state index in [0.717, 1.165) is 43.3 Å². The predicted octanol–water partition coefficient (Wildman–Crippen LogP) is 3.34. The minimum atomic E-state index is -0.265. The number of benzene rings is 1. The number of rotatable bonds is 5. The molecule has 1 aromatic carbocycles. The molecule has 0 unspecified atom stereocenters. The smallest absolute Gasteiger partial charge is 0.137 e. The van der Waals surface area contributed by atoms with Gasteiger partial charge in [-0.15, -0.1) is 10.2 Å². The number of halogens is 1. The molecule has 3 aromatic rings. The quantitative estimate of drug-likeness (QED) is 0.774. The van der Waals surface area contributed by atoms with E-state index in [0.29, 0.717) is 23.8 Å². The molecule has 6 heteroatoms. The van der Waals surface area contributed by atoms with E-state index in [1.54, 1.807) is 12.1 Å². The molecule has 25 heavy (non-hydrogen) atoms. The Balaban J connectivity index is 1.33. The number of hydrogen-bond donors (Lipinski definition) is 1. The number of hydrogen-bond acceptors (Lipinski definition) is 4. The average molecular weight is 340 g/mol. The Hall–Kier alpha value is -2.47. The normalized spacial score (nSPS) is 16.8. The van der Waals surface area contributed by atoms with Crippen LogP contribution in [0.25, 0.3) is 11.3 Å². The van der Waals surface area contributed by atoms with Crippen molar-refractivity contribution in [3.8, 4) is 11.3 Å². The maximum Gasteiger partial charge on any atom is 0.137 e. The molecule has 4 rings (SSSR count). The summed E-state index contributed by atoms with van der Waals surface area (Å²) < 4.78 is 21.8.